The molecule has 27 heavy (non-hydrogen) atoms. The second kappa shape index (κ2) is 9.16. The second-order valence-corrected chi connectivity index (χ2v) is 8.41. The molecule has 7 heteroatoms. The number of nitrogens with one attached hydrogen (secondary N) is 1. The highest BCUT2D eigenvalue weighted by Crippen LogP contribution is 2.36. The van der Waals surface area contributed by atoms with E-state index in [0.717, 1.165) is 41.3 Å². The third-order valence-electron chi connectivity index (χ3n) is 4.41. The summed E-state index contributed by atoms with van der Waals surface area (Å²) in [6, 6.07) is 9.56. The number of amides is 1. The molecule has 140 valence electrons. The number of esters is 1. The number of fused-ring (bicyclic) bond motifs is 1. The van der Waals surface area contributed by atoms with E-state index in [1.54, 1.807) is 0 Å². The number of halogens is 1. The molecular weight excluding hydrogens is 428 g/mol. The molecule has 0 unspecified atom stereocenters. The molecule has 1 aromatic carbocycles. The average Bonchev–Trinajstić information content (AvgIpc) is 2.81. The van der Waals surface area contributed by atoms with Gasteiger partial charge in [0.25, 0.3) is 5.91 Å². The Morgan fingerprint density at radius 1 is 1.19 bits per heavy atom. The van der Waals surface area contributed by atoms with E-state index in [4.69, 9.17) is 4.74 Å². The summed E-state index contributed by atoms with van der Waals surface area (Å²) in [5, 5.41) is 12.8. The molecule has 1 aromatic heterocycles. The third-order valence-corrected chi connectivity index (χ3v) is 6.15. The molecule has 0 spiro atoms. The SMILES string of the molecule is N#Cc1c(NC(=O)COC(=O)Cc2ccc(Br)cc2)sc2c1CCCCC2. The van der Waals surface area contributed by atoms with Crippen molar-refractivity contribution in [1.82, 2.24) is 0 Å². The summed E-state index contributed by atoms with van der Waals surface area (Å²) >= 11 is 4.81. The summed E-state index contributed by atoms with van der Waals surface area (Å²) in [5.74, 6) is -0.887. The lowest BCUT2D eigenvalue weighted by Crippen LogP contribution is -2.21. The van der Waals surface area contributed by atoms with Crippen molar-refractivity contribution in [3.05, 3.63) is 50.3 Å². The smallest absolute Gasteiger partial charge is 0.310 e. The molecule has 2 aromatic rings. The van der Waals surface area contributed by atoms with E-state index in [1.807, 2.05) is 24.3 Å². The van der Waals surface area contributed by atoms with E-state index >= 15 is 0 Å². The number of hydrogen-bond donors (Lipinski definition) is 1. The minimum absolute atomic E-state index is 0.108. The average molecular weight is 447 g/mol. The van der Waals surface area contributed by atoms with Gasteiger partial charge in [0.2, 0.25) is 0 Å². The summed E-state index contributed by atoms with van der Waals surface area (Å²) in [4.78, 5) is 25.3. The Balaban J connectivity index is 1.56. The van der Waals surface area contributed by atoms with Crippen molar-refractivity contribution >= 4 is 44.1 Å². The van der Waals surface area contributed by atoms with Crippen LogP contribution in [0.4, 0.5) is 5.00 Å². The highest BCUT2D eigenvalue weighted by Gasteiger charge is 2.21. The van der Waals surface area contributed by atoms with Gasteiger partial charge in [0, 0.05) is 9.35 Å². The number of rotatable bonds is 5. The zero-order valence-corrected chi connectivity index (χ0v) is 17.1. The van der Waals surface area contributed by atoms with Gasteiger partial charge in [-0.2, -0.15) is 5.26 Å². The largest absolute Gasteiger partial charge is 0.455 e. The monoisotopic (exact) mass is 446 g/mol. The van der Waals surface area contributed by atoms with Crippen LogP contribution in [-0.2, 0) is 33.6 Å². The normalized spacial score (nSPS) is 13.2. The third kappa shape index (κ3) is 5.18. The first-order valence-electron chi connectivity index (χ1n) is 8.81. The van der Waals surface area contributed by atoms with Crippen molar-refractivity contribution in [2.24, 2.45) is 0 Å². The summed E-state index contributed by atoms with van der Waals surface area (Å²) in [5.41, 5.74) is 2.45. The van der Waals surface area contributed by atoms with Gasteiger partial charge in [0.1, 0.15) is 11.1 Å². The van der Waals surface area contributed by atoms with Gasteiger partial charge in [-0.05, 0) is 48.9 Å². The number of hydrogen-bond acceptors (Lipinski definition) is 5. The molecule has 0 saturated heterocycles. The van der Waals surface area contributed by atoms with Crippen molar-refractivity contribution in [3.8, 4) is 6.07 Å². The lowest BCUT2D eigenvalue weighted by Gasteiger charge is -2.06. The van der Waals surface area contributed by atoms with E-state index < -0.39 is 11.9 Å². The fourth-order valence-corrected chi connectivity index (χ4v) is 4.60. The molecule has 1 aliphatic carbocycles. The number of nitrogens with zero attached hydrogens (tertiary/aromatic N) is 1. The van der Waals surface area contributed by atoms with E-state index in [0.29, 0.717) is 10.6 Å². The molecular formula is C20H19BrN2O3S. The molecule has 1 heterocycles. The number of carbonyl (C=O) groups excluding carboxylic acids is 2. The van der Waals surface area contributed by atoms with E-state index in [2.05, 4.69) is 27.3 Å². The van der Waals surface area contributed by atoms with Gasteiger partial charge in [-0.15, -0.1) is 11.3 Å². The molecule has 0 radical (unpaired) electrons. The van der Waals surface area contributed by atoms with E-state index in [9.17, 15) is 14.9 Å². The topological polar surface area (TPSA) is 79.2 Å². The molecule has 0 fully saturated rings. The standard InChI is InChI=1S/C20H19BrN2O3S/c21-14-8-6-13(7-9-14)10-19(25)26-12-18(24)23-20-16(11-22)15-4-2-1-3-5-17(15)27-20/h6-9H,1-5,10,12H2,(H,23,24). The minimum Gasteiger partial charge on any atom is -0.455 e. The lowest BCUT2D eigenvalue weighted by atomic mass is 10.1. The van der Waals surface area contributed by atoms with Crippen LogP contribution in [0.3, 0.4) is 0 Å². The molecule has 0 atom stereocenters. The Bertz CT molecular complexity index is 884. The number of carbonyl (C=O) groups is 2. The Morgan fingerprint density at radius 3 is 2.67 bits per heavy atom. The van der Waals surface area contributed by atoms with Crippen LogP contribution in [-0.4, -0.2) is 18.5 Å². The Labute approximate surface area is 170 Å². The summed E-state index contributed by atoms with van der Waals surface area (Å²) in [6.07, 6.45) is 5.29. The van der Waals surface area contributed by atoms with Crippen molar-refractivity contribution in [2.45, 2.75) is 38.5 Å². The quantitative estimate of drug-likeness (QED) is 0.545. The van der Waals surface area contributed by atoms with Gasteiger partial charge in [-0.3, -0.25) is 9.59 Å². The van der Waals surface area contributed by atoms with Crippen LogP contribution < -0.4 is 5.32 Å². The predicted molar refractivity (Wildman–Crippen MR) is 108 cm³/mol. The van der Waals surface area contributed by atoms with Gasteiger partial charge in [-0.25, -0.2) is 0 Å². The molecule has 5 nitrogen and oxygen atoms in total. The number of nitriles is 1. The minimum atomic E-state index is -0.463. The zero-order chi connectivity index (χ0) is 19.2. The molecule has 0 bridgehead atoms. The molecule has 1 N–H and O–H groups in total. The van der Waals surface area contributed by atoms with Crippen LogP contribution in [0, 0.1) is 11.3 Å². The van der Waals surface area contributed by atoms with Crippen molar-refractivity contribution in [3.63, 3.8) is 0 Å². The fourth-order valence-electron chi connectivity index (χ4n) is 3.08. The number of aryl methyl sites for hydroxylation is 1. The van der Waals surface area contributed by atoms with Crippen LogP contribution in [0.15, 0.2) is 28.7 Å². The van der Waals surface area contributed by atoms with Gasteiger partial charge in [0.15, 0.2) is 6.61 Å². The predicted octanol–water partition coefficient (Wildman–Crippen LogP) is 4.38. The second-order valence-electron chi connectivity index (χ2n) is 6.39. The van der Waals surface area contributed by atoms with Crippen LogP contribution >= 0.6 is 27.3 Å². The molecule has 1 amide bonds. The maximum atomic E-state index is 12.2. The molecule has 0 saturated carbocycles. The highest BCUT2D eigenvalue weighted by molar-refractivity contribution is 9.10. The Hall–Kier alpha value is -2.17. The van der Waals surface area contributed by atoms with Gasteiger partial charge >= 0.3 is 5.97 Å². The maximum Gasteiger partial charge on any atom is 0.310 e. The molecule has 0 aliphatic heterocycles. The maximum absolute atomic E-state index is 12.2. The Kier molecular flexibility index (Phi) is 6.64. The van der Waals surface area contributed by atoms with Crippen molar-refractivity contribution in [2.75, 3.05) is 11.9 Å². The first kappa shape index (κ1) is 19.6. The van der Waals surface area contributed by atoms with Gasteiger partial charge in [-0.1, -0.05) is 34.5 Å². The summed E-state index contributed by atoms with van der Waals surface area (Å²) in [6.45, 7) is -0.358. The van der Waals surface area contributed by atoms with Crippen LogP contribution in [0.2, 0.25) is 0 Å². The van der Waals surface area contributed by atoms with Crippen LogP contribution in [0.1, 0.15) is 40.8 Å². The summed E-state index contributed by atoms with van der Waals surface area (Å²) in [7, 11) is 0. The fraction of sp³-hybridized carbons (Fsp3) is 0.350. The van der Waals surface area contributed by atoms with Crippen molar-refractivity contribution in [1.29, 1.82) is 5.26 Å². The van der Waals surface area contributed by atoms with Gasteiger partial charge < -0.3 is 10.1 Å². The Morgan fingerprint density at radius 2 is 1.93 bits per heavy atom. The first-order chi connectivity index (χ1) is 13.1. The van der Waals surface area contributed by atoms with Crippen LogP contribution in [0.25, 0.3) is 0 Å². The van der Waals surface area contributed by atoms with Crippen molar-refractivity contribution < 1.29 is 14.3 Å². The number of anilines is 1. The van der Waals surface area contributed by atoms with Gasteiger partial charge in [0.05, 0.1) is 12.0 Å². The zero-order valence-electron chi connectivity index (χ0n) is 14.7. The van der Waals surface area contributed by atoms with E-state index in [1.165, 1.54) is 22.6 Å². The lowest BCUT2D eigenvalue weighted by molar-refractivity contribution is -0.146. The number of benzene rings is 1. The summed E-state index contributed by atoms with van der Waals surface area (Å²) < 4.78 is 6.00. The number of ether oxygens (including phenoxy) is 1. The van der Waals surface area contributed by atoms with E-state index in [-0.39, 0.29) is 13.0 Å². The van der Waals surface area contributed by atoms with Crippen LogP contribution in [0.5, 0.6) is 0 Å². The molecule has 1 aliphatic rings. The highest BCUT2D eigenvalue weighted by atomic mass is 79.9. The number of thiophene rings is 1. The molecule has 3 rings (SSSR count). The first-order valence-corrected chi connectivity index (χ1v) is 10.4.